The molecule has 1 N–H and O–H groups in total. The molecule has 0 aliphatic heterocycles. The minimum atomic E-state index is -0.522. The van der Waals surface area contributed by atoms with E-state index in [2.05, 4.69) is 22.1 Å². The lowest BCUT2D eigenvalue weighted by molar-refractivity contribution is -0.385. The van der Waals surface area contributed by atoms with Crippen LogP contribution in [0.3, 0.4) is 0 Å². The molecule has 1 aromatic heterocycles. The van der Waals surface area contributed by atoms with Gasteiger partial charge < -0.3 is 5.32 Å². The van der Waals surface area contributed by atoms with E-state index in [1.54, 1.807) is 6.92 Å². The topological polar surface area (TPSA) is 85.1 Å². The molecule has 0 aromatic carbocycles. The number of hydrogen-bond acceptors (Lipinski definition) is 4. The molecule has 0 aliphatic carbocycles. The van der Waals surface area contributed by atoms with Gasteiger partial charge in [-0.3, -0.25) is 19.9 Å². The Labute approximate surface area is 98.2 Å². The average molecular weight is 233 g/mol. The van der Waals surface area contributed by atoms with Crippen LogP contribution >= 0.6 is 0 Å². The monoisotopic (exact) mass is 233 g/mol. The maximum absolute atomic E-state index is 10.6. The molecule has 88 valence electrons. The quantitative estimate of drug-likeness (QED) is 0.465. The van der Waals surface area contributed by atoms with Crippen molar-refractivity contribution in [3.05, 3.63) is 33.6 Å². The lowest BCUT2D eigenvalue weighted by Crippen LogP contribution is -2.19. The predicted octanol–water partition coefficient (Wildman–Crippen LogP) is 0.786. The highest BCUT2D eigenvalue weighted by Gasteiger charge is 2.07. The van der Waals surface area contributed by atoms with Crippen molar-refractivity contribution in [1.29, 1.82) is 0 Å². The second-order valence-corrected chi connectivity index (χ2v) is 3.30. The second kappa shape index (κ2) is 5.61. The van der Waals surface area contributed by atoms with Gasteiger partial charge in [0.05, 0.1) is 22.7 Å². The fourth-order valence-corrected chi connectivity index (χ4v) is 1.06. The van der Waals surface area contributed by atoms with Crippen LogP contribution in [0.15, 0.2) is 12.3 Å². The smallest absolute Gasteiger partial charge is 0.288 e. The fourth-order valence-electron chi connectivity index (χ4n) is 1.06. The first-order chi connectivity index (χ1) is 8.00. The molecule has 1 rings (SSSR count). The van der Waals surface area contributed by atoms with Crippen LogP contribution in [-0.4, -0.2) is 22.4 Å². The van der Waals surface area contributed by atoms with Crippen molar-refractivity contribution < 1.29 is 9.72 Å². The molecule has 0 spiro atoms. The molecule has 0 unspecified atom stereocenters. The molecule has 0 aliphatic rings. The Balaban J connectivity index is 2.86. The highest BCUT2D eigenvalue weighted by Crippen LogP contribution is 2.13. The molecule has 0 bridgehead atoms. The number of nitro groups is 1. The first-order valence-corrected chi connectivity index (χ1v) is 4.85. The Morgan fingerprint density at radius 3 is 2.94 bits per heavy atom. The van der Waals surface area contributed by atoms with E-state index in [9.17, 15) is 14.9 Å². The van der Waals surface area contributed by atoms with Gasteiger partial charge in [-0.25, -0.2) is 0 Å². The molecule has 1 heterocycles. The van der Waals surface area contributed by atoms with E-state index in [1.165, 1.54) is 19.2 Å². The SMILES string of the molecule is CC(=O)NCC#Cc1cc([N+](=O)[O-])cnc1C. The van der Waals surface area contributed by atoms with Crippen LogP contribution in [0.1, 0.15) is 18.2 Å². The number of nitrogens with zero attached hydrogens (tertiary/aromatic N) is 2. The number of aryl methyl sites for hydroxylation is 1. The molecule has 0 saturated heterocycles. The van der Waals surface area contributed by atoms with Gasteiger partial charge in [-0.05, 0) is 6.92 Å². The first kappa shape index (κ1) is 12.6. The molecular formula is C11H11N3O3. The summed E-state index contributed by atoms with van der Waals surface area (Å²) in [6.45, 7) is 3.31. The van der Waals surface area contributed by atoms with Crippen LogP contribution < -0.4 is 5.32 Å². The third-order valence-electron chi connectivity index (χ3n) is 1.93. The number of hydrogen-bond donors (Lipinski definition) is 1. The van der Waals surface area contributed by atoms with E-state index < -0.39 is 4.92 Å². The van der Waals surface area contributed by atoms with Gasteiger partial charge in [0.2, 0.25) is 5.91 Å². The largest absolute Gasteiger partial charge is 0.345 e. The second-order valence-electron chi connectivity index (χ2n) is 3.30. The van der Waals surface area contributed by atoms with E-state index >= 15 is 0 Å². The Bertz CT molecular complexity index is 514. The van der Waals surface area contributed by atoms with Crippen LogP contribution in [0.25, 0.3) is 0 Å². The average Bonchev–Trinajstić information content (AvgIpc) is 2.25. The van der Waals surface area contributed by atoms with E-state index in [-0.39, 0.29) is 18.1 Å². The number of nitrogens with one attached hydrogen (secondary N) is 1. The third-order valence-corrected chi connectivity index (χ3v) is 1.93. The van der Waals surface area contributed by atoms with Gasteiger partial charge in [0.1, 0.15) is 6.20 Å². The number of rotatable bonds is 2. The zero-order valence-electron chi connectivity index (χ0n) is 9.48. The van der Waals surface area contributed by atoms with Gasteiger partial charge in [0.25, 0.3) is 5.69 Å². The van der Waals surface area contributed by atoms with E-state index in [4.69, 9.17) is 0 Å². The van der Waals surface area contributed by atoms with Gasteiger partial charge in [-0.1, -0.05) is 11.8 Å². The molecule has 0 saturated carbocycles. The number of amides is 1. The van der Waals surface area contributed by atoms with Crippen molar-refractivity contribution in [2.24, 2.45) is 0 Å². The molecule has 6 heteroatoms. The van der Waals surface area contributed by atoms with Crippen molar-refractivity contribution in [2.75, 3.05) is 6.54 Å². The number of carbonyl (C=O) groups is 1. The molecule has 1 amide bonds. The summed E-state index contributed by atoms with van der Waals surface area (Å²) >= 11 is 0. The predicted molar refractivity (Wildman–Crippen MR) is 61.2 cm³/mol. The Hall–Kier alpha value is -2.42. The zero-order valence-corrected chi connectivity index (χ0v) is 9.48. The van der Waals surface area contributed by atoms with Crippen molar-refractivity contribution >= 4 is 11.6 Å². The summed E-state index contributed by atoms with van der Waals surface area (Å²) in [5, 5.41) is 13.0. The first-order valence-electron chi connectivity index (χ1n) is 4.85. The summed E-state index contributed by atoms with van der Waals surface area (Å²) < 4.78 is 0. The minimum Gasteiger partial charge on any atom is -0.345 e. The van der Waals surface area contributed by atoms with Crippen molar-refractivity contribution in [1.82, 2.24) is 10.3 Å². The van der Waals surface area contributed by atoms with Crippen molar-refractivity contribution in [3.63, 3.8) is 0 Å². The molecule has 0 fully saturated rings. The van der Waals surface area contributed by atoms with Gasteiger partial charge >= 0.3 is 0 Å². The summed E-state index contributed by atoms with van der Waals surface area (Å²) in [6, 6.07) is 1.36. The lowest BCUT2D eigenvalue weighted by atomic mass is 10.2. The Kier molecular flexibility index (Phi) is 4.17. The maximum atomic E-state index is 10.6. The molecule has 0 atom stereocenters. The summed E-state index contributed by atoms with van der Waals surface area (Å²) in [5.74, 6) is 5.25. The van der Waals surface area contributed by atoms with Crippen LogP contribution in [-0.2, 0) is 4.79 Å². The summed E-state index contributed by atoms with van der Waals surface area (Å²) in [4.78, 5) is 24.5. The molecule has 6 nitrogen and oxygen atoms in total. The summed E-state index contributed by atoms with van der Waals surface area (Å²) in [7, 11) is 0. The highest BCUT2D eigenvalue weighted by molar-refractivity contribution is 5.73. The number of aromatic nitrogens is 1. The summed E-state index contributed by atoms with van der Waals surface area (Å²) in [6.07, 6.45) is 1.19. The summed E-state index contributed by atoms with van der Waals surface area (Å²) in [5.41, 5.74) is 1.01. The molecular weight excluding hydrogens is 222 g/mol. The van der Waals surface area contributed by atoms with E-state index in [1.807, 2.05) is 0 Å². The molecule has 1 aromatic rings. The molecule has 0 radical (unpaired) electrons. The maximum Gasteiger partial charge on any atom is 0.288 e. The zero-order chi connectivity index (χ0) is 12.8. The number of carbonyl (C=O) groups excluding carboxylic acids is 1. The molecule has 17 heavy (non-hydrogen) atoms. The fraction of sp³-hybridized carbons (Fsp3) is 0.273. The highest BCUT2D eigenvalue weighted by atomic mass is 16.6. The van der Waals surface area contributed by atoms with Crippen LogP contribution in [0.2, 0.25) is 0 Å². The van der Waals surface area contributed by atoms with Gasteiger partial charge in [0, 0.05) is 13.0 Å². The van der Waals surface area contributed by atoms with Crippen LogP contribution in [0.4, 0.5) is 5.69 Å². The Morgan fingerprint density at radius 1 is 1.65 bits per heavy atom. The lowest BCUT2D eigenvalue weighted by Gasteiger charge is -1.97. The minimum absolute atomic E-state index is 0.0978. The Morgan fingerprint density at radius 2 is 2.35 bits per heavy atom. The van der Waals surface area contributed by atoms with E-state index in [0.29, 0.717) is 11.3 Å². The van der Waals surface area contributed by atoms with E-state index in [0.717, 1.165) is 0 Å². The normalized spacial score (nSPS) is 9.06. The van der Waals surface area contributed by atoms with Crippen molar-refractivity contribution in [2.45, 2.75) is 13.8 Å². The van der Waals surface area contributed by atoms with Gasteiger partial charge in [0.15, 0.2) is 0 Å². The number of pyridine rings is 1. The van der Waals surface area contributed by atoms with Gasteiger partial charge in [-0.2, -0.15) is 0 Å². The van der Waals surface area contributed by atoms with Crippen molar-refractivity contribution in [3.8, 4) is 11.8 Å². The van der Waals surface area contributed by atoms with Crippen LogP contribution in [0, 0.1) is 28.9 Å². The van der Waals surface area contributed by atoms with Gasteiger partial charge in [-0.15, -0.1) is 0 Å². The standard InChI is InChI=1S/C11H11N3O3/c1-8-10(4-3-5-12-9(2)15)6-11(7-13-8)14(16)17/h6-7H,5H2,1-2H3,(H,12,15). The third kappa shape index (κ3) is 3.91. The van der Waals surface area contributed by atoms with Crippen LogP contribution in [0.5, 0.6) is 0 Å².